The first kappa shape index (κ1) is 14.5. The first-order valence-electron chi connectivity index (χ1n) is 7.69. The third-order valence-corrected chi connectivity index (χ3v) is 5.29. The molecular formula is C17H23N3S. The van der Waals surface area contributed by atoms with Gasteiger partial charge in [0.15, 0.2) is 0 Å². The second-order valence-electron chi connectivity index (χ2n) is 5.77. The highest BCUT2D eigenvalue weighted by Gasteiger charge is 2.24. The normalized spacial score (nSPS) is 17.6. The van der Waals surface area contributed by atoms with Gasteiger partial charge in [-0.2, -0.15) is 0 Å². The number of thiazole rings is 1. The van der Waals surface area contributed by atoms with Gasteiger partial charge in [0.25, 0.3) is 0 Å². The molecule has 2 aromatic rings. The Balaban J connectivity index is 1.90. The first-order valence-corrected chi connectivity index (χ1v) is 8.51. The summed E-state index contributed by atoms with van der Waals surface area (Å²) in [5, 5.41) is 4.76. The van der Waals surface area contributed by atoms with E-state index in [0.717, 1.165) is 18.0 Å². The standard InChI is InChI=1S/C17H23N3S/c1-4-18-14-6-5-7-15-16(14)21-17(19-15)12-8-10-13(11-9-12)20(2)3/h8-11,14,18H,4-7H2,1-3H3. The van der Waals surface area contributed by atoms with Crippen LogP contribution in [0.2, 0.25) is 0 Å². The van der Waals surface area contributed by atoms with Gasteiger partial charge in [-0.3, -0.25) is 0 Å². The molecule has 0 radical (unpaired) electrons. The average Bonchev–Trinajstić information content (AvgIpc) is 2.93. The quantitative estimate of drug-likeness (QED) is 0.929. The summed E-state index contributed by atoms with van der Waals surface area (Å²) < 4.78 is 0. The fourth-order valence-electron chi connectivity index (χ4n) is 2.89. The van der Waals surface area contributed by atoms with Gasteiger partial charge >= 0.3 is 0 Å². The molecule has 0 bridgehead atoms. The summed E-state index contributed by atoms with van der Waals surface area (Å²) >= 11 is 1.86. The Bertz CT molecular complexity index is 601. The van der Waals surface area contributed by atoms with Crippen molar-refractivity contribution in [1.82, 2.24) is 10.3 Å². The van der Waals surface area contributed by atoms with Gasteiger partial charge in [0.2, 0.25) is 0 Å². The number of rotatable bonds is 4. The third-order valence-electron chi connectivity index (χ3n) is 4.03. The Hall–Kier alpha value is -1.39. The molecule has 0 spiro atoms. The van der Waals surface area contributed by atoms with Crippen LogP contribution in [0.15, 0.2) is 24.3 Å². The highest BCUT2D eigenvalue weighted by atomic mass is 32.1. The van der Waals surface area contributed by atoms with Crippen molar-refractivity contribution in [2.45, 2.75) is 32.2 Å². The molecule has 3 rings (SSSR count). The highest BCUT2D eigenvalue weighted by Crippen LogP contribution is 2.38. The highest BCUT2D eigenvalue weighted by molar-refractivity contribution is 7.15. The van der Waals surface area contributed by atoms with Crippen molar-refractivity contribution in [3.8, 4) is 10.6 Å². The fourth-order valence-corrected chi connectivity index (χ4v) is 4.11. The van der Waals surface area contributed by atoms with E-state index in [9.17, 15) is 0 Å². The number of aromatic nitrogens is 1. The van der Waals surface area contributed by atoms with Crippen LogP contribution < -0.4 is 10.2 Å². The van der Waals surface area contributed by atoms with Gasteiger partial charge in [0, 0.05) is 36.3 Å². The number of nitrogens with zero attached hydrogens (tertiary/aromatic N) is 2. The van der Waals surface area contributed by atoms with E-state index in [1.165, 1.54) is 34.7 Å². The van der Waals surface area contributed by atoms with Crippen LogP contribution in [0.3, 0.4) is 0 Å². The Morgan fingerprint density at radius 2 is 2.05 bits per heavy atom. The van der Waals surface area contributed by atoms with E-state index >= 15 is 0 Å². The minimum atomic E-state index is 0.506. The molecule has 0 fully saturated rings. The molecule has 4 heteroatoms. The largest absolute Gasteiger partial charge is 0.378 e. The maximum Gasteiger partial charge on any atom is 0.123 e. The summed E-state index contributed by atoms with van der Waals surface area (Å²) in [6.07, 6.45) is 3.61. The number of benzene rings is 1. The molecular weight excluding hydrogens is 278 g/mol. The monoisotopic (exact) mass is 301 g/mol. The van der Waals surface area contributed by atoms with E-state index < -0.39 is 0 Å². The number of fused-ring (bicyclic) bond motifs is 1. The van der Waals surface area contributed by atoms with Crippen molar-refractivity contribution in [2.24, 2.45) is 0 Å². The van der Waals surface area contributed by atoms with Crippen LogP contribution in [0.4, 0.5) is 5.69 Å². The van der Waals surface area contributed by atoms with Crippen LogP contribution in [0, 0.1) is 0 Å². The molecule has 1 heterocycles. The molecule has 1 atom stereocenters. The number of hydrogen-bond donors (Lipinski definition) is 1. The summed E-state index contributed by atoms with van der Waals surface area (Å²) in [4.78, 5) is 8.47. The van der Waals surface area contributed by atoms with Crippen LogP contribution in [-0.4, -0.2) is 25.6 Å². The zero-order valence-corrected chi connectivity index (χ0v) is 13.8. The van der Waals surface area contributed by atoms with Gasteiger partial charge in [-0.05, 0) is 50.1 Å². The number of hydrogen-bond acceptors (Lipinski definition) is 4. The van der Waals surface area contributed by atoms with E-state index in [0.29, 0.717) is 6.04 Å². The zero-order valence-electron chi connectivity index (χ0n) is 13.0. The van der Waals surface area contributed by atoms with Gasteiger partial charge < -0.3 is 10.2 Å². The van der Waals surface area contributed by atoms with Crippen LogP contribution in [0.5, 0.6) is 0 Å². The first-order chi connectivity index (χ1) is 10.2. The Labute approximate surface area is 131 Å². The van der Waals surface area contributed by atoms with E-state index in [1.807, 2.05) is 11.3 Å². The predicted molar refractivity (Wildman–Crippen MR) is 91.2 cm³/mol. The molecule has 0 saturated carbocycles. The van der Waals surface area contributed by atoms with Gasteiger partial charge in [-0.1, -0.05) is 6.92 Å². The van der Waals surface area contributed by atoms with Crippen molar-refractivity contribution in [3.63, 3.8) is 0 Å². The molecule has 112 valence electrons. The van der Waals surface area contributed by atoms with E-state index in [-0.39, 0.29) is 0 Å². The summed E-state index contributed by atoms with van der Waals surface area (Å²) in [5.74, 6) is 0. The second kappa shape index (κ2) is 6.16. The van der Waals surface area contributed by atoms with Crippen molar-refractivity contribution < 1.29 is 0 Å². The molecule has 0 saturated heterocycles. The molecule has 1 aliphatic rings. The predicted octanol–water partition coefficient (Wildman–Crippen LogP) is 3.86. The van der Waals surface area contributed by atoms with Gasteiger partial charge in [0.05, 0.1) is 5.69 Å². The molecule has 0 amide bonds. The van der Waals surface area contributed by atoms with Crippen LogP contribution in [0.1, 0.15) is 36.4 Å². The summed E-state index contributed by atoms with van der Waals surface area (Å²) in [6.45, 7) is 3.20. The van der Waals surface area contributed by atoms with E-state index in [4.69, 9.17) is 4.98 Å². The molecule has 3 nitrogen and oxygen atoms in total. The smallest absolute Gasteiger partial charge is 0.123 e. The SMILES string of the molecule is CCNC1CCCc2nc(-c3ccc(N(C)C)cc3)sc21. The summed E-state index contributed by atoms with van der Waals surface area (Å²) in [5.41, 5.74) is 3.77. The van der Waals surface area contributed by atoms with Gasteiger partial charge in [-0.25, -0.2) is 4.98 Å². The van der Waals surface area contributed by atoms with E-state index in [1.54, 1.807) is 0 Å². The van der Waals surface area contributed by atoms with Crippen LogP contribution in [0.25, 0.3) is 10.6 Å². The average molecular weight is 301 g/mol. The van der Waals surface area contributed by atoms with Crippen LogP contribution >= 0.6 is 11.3 Å². The Kier molecular flexibility index (Phi) is 4.27. The maximum absolute atomic E-state index is 4.89. The number of nitrogens with one attached hydrogen (secondary N) is 1. The molecule has 1 aromatic carbocycles. The minimum absolute atomic E-state index is 0.506. The fraction of sp³-hybridized carbons (Fsp3) is 0.471. The lowest BCUT2D eigenvalue weighted by atomic mass is 9.98. The summed E-state index contributed by atoms with van der Waals surface area (Å²) in [6, 6.07) is 9.20. The number of anilines is 1. The molecule has 1 unspecified atom stereocenters. The molecule has 1 N–H and O–H groups in total. The van der Waals surface area contributed by atoms with Crippen molar-refractivity contribution >= 4 is 17.0 Å². The van der Waals surface area contributed by atoms with Crippen LogP contribution in [-0.2, 0) is 6.42 Å². The van der Waals surface area contributed by atoms with Crippen molar-refractivity contribution in [1.29, 1.82) is 0 Å². The summed E-state index contributed by atoms with van der Waals surface area (Å²) in [7, 11) is 4.14. The maximum atomic E-state index is 4.89. The van der Waals surface area contributed by atoms with Gasteiger partial charge in [-0.15, -0.1) is 11.3 Å². The van der Waals surface area contributed by atoms with Crippen molar-refractivity contribution in [3.05, 3.63) is 34.8 Å². The second-order valence-corrected chi connectivity index (χ2v) is 6.80. The molecule has 21 heavy (non-hydrogen) atoms. The molecule has 0 aliphatic heterocycles. The Morgan fingerprint density at radius 3 is 2.71 bits per heavy atom. The third kappa shape index (κ3) is 2.97. The minimum Gasteiger partial charge on any atom is -0.378 e. The topological polar surface area (TPSA) is 28.2 Å². The lowest BCUT2D eigenvalue weighted by molar-refractivity contribution is 0.476. The molecule has 1 aliphatic carbocycles. The Morgan fingerprint density at radius 1 is 1.29 bits per heavy atom. The van der Waals surface area contributed by atoms with Gasteiger partial charge in [0.1, 0.15) is 5.01 Å². The van der Waals surface area contributed by atoms with Crippen molar-refractivity contribution in [2.75, 3.05) is 25.5 Å². The lowest BCUT2D eigenvalue weighted by Crippen LogP contribution is -2.23. The lowest BCUT2D eigenvalue weighted by Gasteiger charge is -2.21. The zero-order chi connectivity index (χ0) is 14.8. The molecule has 1 aromatic heterocycles. The van der Waals surface area contributed by atoms with E-state index in [2.05, 4.69) is 55.5 Å². The number of aryl methyl sites for hydroxylation is 1.